The summed E-state index contributed by atoms with van der Waals surface area (Å²) in [6.07, 6.45) is 2.11. The van der Waals surface area contributed by atoms with Gasteiger partial charge in [0.05, 0.1) is 6.04 Å². The van der Waals surface area contributed by atoms with E-state index in [1.54, 1.807) is 11.8 Å². The zero-order chi connectivity index (χ0) is 14.6. The molecule has 0 bridgehead atoms. The van der Waals surface area contributed by atoms with Crippen LogP contribution < -0.4 is 5.32 Å². The second-order valence-electron chi connectivity index (χ2n) is 5.43. The highest BCUT2D eigenvalue weighted by atomic mass is 32.2. The van der Waals surface area contributed by atoms with Crippen molar-refractivity contribution in [3.8, 4) is 0 Å². The Morgan fingerprint density at radius 2 is 1.95 bits per heavy atom. The van der Waals surface area contributed by atoms with Crippen molar-refractivity contribution in [2.75, 3.05) is 11.5 Å². The predicted octanol–water partition coefficient (Wildman–Crippen LogP) is 2.68. The SMILES string of the molecule is CCc1ccc(C(C)NC(=O)C2(O)CCSCC2)cc1. The summed E-state index contributed by atoms with van der Waals surface area (Å²) >= 11 is 1.79. The summed E-state index contributed by atoms with van der Waals surface area (Å²) in [7, 11) is 0. The number of rotatable bonds is 4. The van der Waals surface area contributed by atoms with Crippen LogP contribution in [0, 0.1) is 0 Å². The fraction of sp³-hybridized carbons (Fsp3) is 0.562. The number of nitrogens with one attached hydrogen (secondary N) is 1. The first kappa shape index (κ1) is 15.4. The van der Waals surface area contributed by atoms with Gasteiger partial charge < -0.3 is 10.4 Å². The monoisotopic (exact) mass is 293 g/mol. The van der Waals surface area contributed by atoms with Crippen molar-refractivity contribution < 1.29 is 9.90 Å². The van der Waals surface area contributed by atoms with E-state index in [0.29, 0.717) is 12.8 Å². The quantitative estimate of drug-likeness (QED) is 0.897. The normalized spacial score (nSPS) is 19.4. The maximum absolute atomic E-state index is 12.3. The molecule has 1 saturated heterocycles. The van der Waals surface area contributed by atoms with Crippen molar-refractivity contribution >= 4 is 17.7 Å². The van der Waals surface area contributed by atoms with Crippen LogP contribution >= 0.6 is 11.8 Å². The Morgan fingerprint density at radius 3 is 2.50 bits per heavy atom. The molecule has 0 aromatic heterocycles. The summed E-state index contributed by atoms with van der Waals surface area (Å²) in [6, 6.07) is 8.19. The van der Waals surface area contributed by atoms with Crippen LogP contribution in [0.5, 0.6) is 0 Å². The first-order valence-electron chi connectivity index (χ1n) is 7.25. The first-order chi connectivity index (χ1) is 9.55. The van der Waals surface area contributed by atoms with E-state index in [2.05, 4.69) is 24.4 Å². The lowest BCUT2D eigenvalue weighted by Gasteiger charge is -2.31. The fourth-order valence-corrected chi connectivity index (χ4v) is 3.56. The molecule has 1 amide bonds. The molecule has 0 saturated carbocycles. The zero-order valence-electron chi connectivity index (χ0n) is 12.2. The topological polar surface area (TPSA) is 49.3 Å². The molecule has 1 aliphatic rings. The largest absolute Gasteiger partial charge is 0.380 e. The molecule has 1 atom stereocenters. The minimum absolute atomic E-state index is 0.0768. The van der Waals surface area contributed by atoms with Crippen LogP contribution in [0.3, 0.4) is 0 Å². The van der Waals surface area contributed by atoms with Crippen molar-refractivity contribution in [3.63, 3.8) is 0 Å². The van der Waals surface area contributed by atoms with Gasteiger partial charge in [0.25, 0.3) is 5.91 Å². The molecule has 1 fully saturated rings. The molecular formula is C16H23NO2S. The van der Waals surface area contributed by atoms with Crippen LogP contribution in [0.1, 0.15) is 43.9 Å². The Labute approximate surface area is 125 Å². The number of hydrogen-bond acceptors (Lipinski definition) is 3. The lowest BCUT2D eigenvalue weighted by atomic mass is 9.95. The van der Waals surface area contributed by atoms with Gasteiger partial charge in [0.1, 0.15) is 5.60 Å². The standard InChI is InChI=1S/C16H23NO2S/c1-3-13-4-6-14(7-5-13)12(2)17-15(18)16(19)8-10-20-11-9-16/h4-7,12,19H,3,8-11H2,1-2H3,(H,17,18). The Kier molecular flexibility index (Phi) is 5.11. The van der Waals surface area contributed by atoms with Crippen molar-refractivity contribution in [2.24, 2.45) is 0 Å². The number of benzene rings is 1. The van der Waals surface area contributed by atoms with Crippen LogP contribution in [0.2, 0.25) is 0 Å². The Morgan fingerprint density at radius 1 is 1.35 bits per heavy atom. The summed E-state index contributed by atoms with van der Waals surface area (Å²) in [6.45, 7) is 4.08. The van der Waals surface area contributed by atoms with Gasteiger partial charge in [0, 0.05) is 0 Å². The lowest BCUT2D eigenvalue weighted by molar-refractivity contribution is -0.141. The average molecular weight is 293 g/mol. The molecule has 1 aliphatic heterocycles. The highest BCUT2D eigenvalue weighted by Gasteiger charge is 2.37. The van der Waals surface area contributed by atoms with E-state index >= 15 is 0 Å². The van der Waals surface area contributed by atoms with Crippen molar-refractivity contribution in [1.82, 2.24) is 5.32 Å². The number of aliphatic hydroxyl groups is 1. The molecular weight excluding hydrogens is 270 g/mol. The van der Waals surface area contributed by atoms with Crippen LogP contribution in [0.4, 0.5) is 0 Å². The molecule has 2 rings (SSSR count). The van der Waals surface area contributed by atoms with E-state index < -0.39 is 5.60 Å². The Hall–Kier alpha value is -1.00. The lowest BCUT2D eigenvalue weighted by Crippen LogP contribution is -2.49. The van der Waals surface area contributed by atoms with E-state index in [0.717, 1.165) is 23.5 Å². The van der Waals surface area contributed by atoms with E-state index in [1.165, 1.54) is 5.56 Å². The molecule has 1 aromatic rings. The number of amides is 1. The summed E-state index contributed by atoms with van der Waals surface area (Å²) in [5.74, 6) is 1.47. The van der Waals surface area contributed by atoms with Gasteiger partial charge in [-0.3, -0.25) is 4.79 Å². The van der Waals surface area contributed by atoms with E-state index in [-0.39, 0.29) is 11.9 Å². The van der Waals surface area contributed by atoms with Gasteiger partial charge >= 0.3 is 0 Å². The maximum Gasteiger partial charge on any atom is 0.252 e. The van der Waals surface area contributed by atoms with Crippen molar-refractivity contribution in [2.45, 2.75) is 44.8 Å². The summed E-state index contributed by atoms with van der Waals surface area (Å²) in [5, 5.41) is 13.3. The minimum atomic E-state index is -1.18. The zero-order valence-corrected chi connectivity index (χ0v) is 13.0. The molecule has 1 unspecified atom stereocenters. The highest BCUT2D eigenvalue weighted by molar-refractivity contribution is 7.99. The number of carbonyl (C=O) groups is 1. The van der Waals surface area contributed by atoms with Crippen LogP contribution in [-0.4, -0.2) is 28.1 Å². The molecule has 4 heteroatoms. The van der Waals surface area contributed by atoms with Crippen molar-refractivity contribution in [3.05, 3.63) is 35.4 Å². The van der Waals surface area contributed by atoms with Gasteiger partial charge in [-0.25, -0.2) is 0 Å². The Balaban J connectivity index is 1.99. The van der Waals surface area contributed by atoms with Gasteiger partial charge in [0.2, 0.25) is 0 Å². The van der Waals surface area contributed by atoms with E-state index in [9.17, 15) is 9.90 Å². The van der Waals surface area contributed by atoms with E-state index in [1.807, 2.05) is 19.1 Å². The van der Waals surface area contributed by atoms with Gasteiger partial charge in [0.15, 0.2) is 0 Å². The van der Waals surface area contributed by atoms with Gasteiger partial charge in [-0.1, -0.05) is 31.2 Å². The number of hydrogen-bond donors (Lipinski definition) is 2. The molecule has 2 N–H and O–H groups in total. The fourth-order valence-electron chi connectivity index (χ4n) is 2.39. The van der Waals surface area contributed by atoms with Crippen LogP contribution in [0.25, 0.3) is 0 Å². The second kappa shape index (κ2) is 6.64. The number of carbonyl (C=O) groups excluding carboxylic acids is 1. The Bertz CT molecular complexity index is 452. The highest BCUT2D eigenvalue weighted by Crippen LogP contribution is 2.28. The summed E-state index contributed by atoms with van der Waals surface area (Å²) in [5.41, 5.74) is 1.18. The maximum atomic E-state index is 12.3. The van der Waals surface area contributed by atoms with Gasteiger partial charge in [-0.05, 0) is 48.8 Å². The smallest absolute Gasteiger partial charge is 0.252 e. The third kappa shape index (κ3) is 3.55. The molecule has 1 heterocycles. The van der Waals surface area contributed by atoms with Gasteiger partial charge in [-0.2, -0.15) is 11.8 Å². The van der Waals surface area contributed by atoms with Crippen LogP contribution in [-0.2, 0) is 11.2 Å². The third-order valence-corrected chi connectivity index (χ3v) is 4.96. The van der Waals surface area contributed by atoms with Gasteiger partial charge in [-0.15, -0.1) is 0 Å². The molecule has 0 radical (unpaired) electrons. The molecule has 3 nitrogen and oxygen atoms in total. The second-order valence-corrected chi connectivity index (χ2v) is 6.66. The summed E-state index contributed by atoms with van der Waals surface area (Å²) in [4.78, 5) is 12.3. The van der Waals surface area contributed by atoms with Crippen molar-refractivity contribution in [1.29, 1.82) is 0 Å². The minimum Gasteiger partial charge on any atom is -0.380 e. The number of thioether (sulfide) groups is 1. The molecule has 0 spiro atoms. The predicted molar refractivity (Wildman–Crippen MR) is 83.9 cm³/mol. The van der Waals surface area contributed by atoms with Crippen LogP contribution in [0.15, 0.2) is 24.3 Å². The third-order valence-electron chi connectivity index (χ3n) is 3.98. The molecule has 0 aliphatic carbocycles. The molecule has 20 heavy (non-hydrogen) atoms. The summed E-state index contributed by atoms with van der Waals surface area (Å²) < 4.78 is 0. The average Bonchev–Trinajstić information content (AvgIpc) is 2.48. The number of aryl methyl sites for hydroxylation is 1. The first-order valence-corrected chi connectivity index (χ1v) is 8.40. The van der Waals surface area contributed by atoms with E-state index in [4.69, 9.17) is 0 Å². The molecule has 1 aromatic carbocycles. The molecule has 110 valence electrons.